The molecule has 0 atom stereocenters. The van der Waals surface area contributed by atoms with Gasteiger partial charge in [-0.25, -0.2) is 13.6 Å². The number of aryl methyl sites for hydroxylation is 1. The molecule has 0 saturated heterocycles. The Morgan fingerprint density at radius 1 is 1.58 bits per heavy atom. The second-order valence-electron chi connectivity index (χ2n) is 2.18. The van der Waals surface area contributed by atoms with Gasteiger partial charge in [0, 0.05) is 5.69 Å². The summed E-state index contributed by atoms with van der Waals surface area (Å²) < 4.78 is 21.7. The molecule has 0 aliphatic carbocycles. The number of thiazole rings is 1. The van der Waals surface area contributed by atoms with E-state index in [0.717, 1.165) is 0 Å². The maximum Gasteiger partial charge on any atom is 0.306 e. The average molecular weight is 208 g/mol. The van der Waals surface area contributed by atoms with Gasteiger partial charge in [-0.3, -0.25) is 4.79 Å². The number of H-pyrrole nitrogens is 1. The molecule has 0 unspecified atom stereocenters. The van der Waals surface area contributed by atoms with Crippen LogP contribution in [0.1, 0.15) is 12.6 Å². The molecule has 0 aliphatic rings. The van der Waals surface area contributed by atoms with E-state index in [4.69, 9.17) is 5.14 Å². The van der Waals surface area contributed by atoms with Crippen molar-refractivity contribution in [2.45, 2.75) is 17.6 Å². The predicted octanol–water partition coefficient (Wildman–Crippen LogP) is -0.354. The van der Waals surface area contributed by atoms with Crippen LogP contribution in [0, 0.1) is 0 Å². The summed E-state index contributed by atoms with van der Waals surface area (Å²) in [4.78, 5) is 12.8. The number of aromatic nitrogens is 1. The lowest BCUT2D eigenvalue weighted by molar-refractivity contribution is 0.598. The van der Waals surface area contributed by atoms with Crippen molar-refractivity contribution in [2.75, 3.05) is 0 Å². The molecule has 1 rings (SSSR count). The molecule has 68 valence electrons. The Morgan fingerprint density at radius 3 is 2.50 bits per heavy atom. The van der Waals surface area contributed by atoms with Gasteiger partial charge >= 0.3 is 4.87 Å². The van der Waals surface area contributed by atoms with Crippen LogP contribution in [0.2, 0.25) is 0 Å². The molecule has 0 bridgehead atoms. The topological polar surface area (TPSA) is 93.0 Å². The fraction of sp³-hybridized carbons (Fsp3) is 0.400. The lowest BCUT2D eigenvalue weighted by atomic mass is 10.4. The molecular weight excluding hydrogens is 200 g/mol. The minimum Gasteiger partial charge on any atom is -0.315 e. The molecular formula is C5H8N2O3S2. The molecule has 0 fully saturated rings. The van der Waals surface area contributed by atoms with Crippen LogP contribution in [0.5, 0.6) is 0 Å². The first-order valence-electron chi connectivity index (χ1n) is 3.20. The summed E-state index contributed by atoms with van der Waals surface area (Å²) in [6.07, 6.45) is 0.449. The summed E-state index contributed by atoms with van der Waals surface area (Å²) in [6, 6.07) is 0. The Hall–Kier alpha value is -0.660. The van der Waals surface area contributed by atoms with Gasteiger partial charge in [0.05, 0.1) is 0 Å². The van der Waals surface area contributed by atoms with Crippen LogP contribution in [0.3, 0.4) is 0 Å². The molecule has 0 spiro atoms. The molecule has 0 amide bonds. The highest BCUT2D eigenvalue weighted by Crippen LogP contribution is 2.14. The monoisotopic (exact) mass is 208 g/mol. The second-order valence-corrected chi connectivity index (χ2v) is 4.92. The Balaban J connectivity index is 3.43. The second kappa shape index (κ2) is 3.00. The Labute approximate surface area is 73.3 Å². The van der Waals surface area contributed by atoms with E-state index in [2.05, 4.69) is 4.98 Å². The Bertz CT molecular complexity index is 428. The van der Waals surface area contributed by atoms with Crippen molar-refractivity contribution >= 4 is 21.4 Å². The zero-order valence-electron chi connectivity index (χ0n) is 6.33. The predicted molar refractivity (Wildman–Crippen MR) is 45.7 cm³/mol. The van der Waals surface area contributed by atoms with Gasteiger partial charge in [0.2, 0.25) is 10.0 Å². The van der Waals surface area contributed by atoms with Crippen molar-refractivity contribution in [3.63, 3.8) is 0 Å². The fourth-order valence-electron chi connectivity index (χ4n) is 0.808. The van der Waals surface area contributed by atoms with Crippen LogP contribution in [0.15, 0.2) is 9.00 Å². The summed E-state index contributed by atoms with van der Waals surface area (Å²) in [5.74, 6) is 0. The maximum atomic E-state index is 10.9. The number of aromatic amines is 1. The first-order chi connectivity index (χ1) is 5.45. The van der Waals surface area contributed by atoms with E-state index in [-0.39, 0.29) is 4.21 Å². The van der Waals surface area contributed by atoms with Crippen molar-refractivity contribution in [1.29, 1.82) is 0 Å². The van der Waals surface area contributed by atoms with E-state index >= 15 is 0 Å². The van der Waals surface area contributed by atoms with Crippen LogP contribution in [0.25, 0.3) is 0 Å². The molecule has 1 heterocycles. The molecule has 0 radical (unpaired) electrons. The van der Waals surface area contributed by atoms with Crippen molar-refractivity contribution in [2.24, 2.45) is 5.14 Å². The van der Waals surface area contributed by atoms with E-state index in [1.165, 1.54) is 0 Å². The van der Waals surface area contributed by atoms with Gasteiger partial charge < -0.3 is 4.98 Å². The van der Waals surface area contributed by atoms with Gasteiger partial charge in [0.25, 0.3) is 0 Å². The van der Waals surface area contributed by atoms with Crippen molar-refractivity contribution in [3.8, 4) is 0 Å². The summed E-state index contributed by atoms with van der Waals surface area (Å²) in [7, 11) is -3.74. The number of hydrogen-bond donors (Lipinski definition) is 2. The third-order valence-corrected chi connectivity index (χ3v) is 3.73. The highest BCUT2D eigenvalue weighted by Gasteiger charge is 2.16. The largest absolute Gasteiger partial charge is 0.315 e. The molecule has 0 aromatic carbocycles. The fourth-order valence-corrected chi connectivity index (χ4v) is 2.70. The van der Waals surface area contributed by atoms with Crippen molar-refractivity contribution in [1.82, 2.24) is 4.98 Å². The lowest BCUT2D eigenvalue weighted by Gasteiger charge is -1.94. The number of nitrogens with one attached hydrogen (secondary N) is 1. The third kappa shape index (κ3) is 1.74. The zero-order chi connectivity index (χ0) is 9.35. The van der Waals surface area contributed by atoms with E-state index in [1.807, 2.05) is 0 Å². The van der Waals surface area contributed by atoms with Gasteiger partial charge in [-0.1, -0.05) is 18.3 Å². The summed E-state index contributed by atoms with van der Waals surface area (Å²) in [5.41, 5.74) is 0.382. The van der Waals surface area contributed by atoms with Crippen LogP contribution in [-0.2, 0) is 16.4 Å². The standard InChI is InChI=1S/C5H8N2O3S2/c1-2-3-4(12(6,9)10)11-5(8)7-3/h2H2,1H3,(H,7,8)(H2,6,9,10). The Kier molecular flexibility index (Phi) is 2.36. The minimum absolute atomic E-state index is 0.0602. The molecule has 3 N–H and O–H groups in total. The van der Waals surface area contributed by atoms with Gasteiger partial charge in [-0.15, -0.1) is 0 Å². The van der Waals surface area contributed by atoms with Gasteiger partial charge in [0.15, 0.2) is 4.21 Å². The number of rotatable bonds is 2. The zero-order valence-corrected chi connectivity index (χ0v) is 7.96. The number of sulfonamides is 1. The number of primary sulfonamides is 1. The SMILES string of the molecule is CCc1[nH]c(=O)sc1S(N)(=O)=O. The van der Waals surface area contributed by atoms with Crippen molar-refractivity contribution < 1.29 is 8.42 Å². The summed E-state index contributed by atoms with van der Waals surface area (Å²) >= 11 is 0.622. The smallest absolute Gasteiger partial charge is 0.306 e. The quantitative estimate of drug-likeness (QED) is 0.695. The molecule has 1 aromatic heterocycles. The normalized spacial score (nSPS) is 11.8. The number of nitrogens with two attached hydrogens (primary N) is 1. The van der Waals surface area contributed by atoms with E-state index in [1.54, 1.807) is 6.92 Å². The average Bonchev–Trinajstić information content (AvgIpc) is 2.29. The molecule has 0 saturated carbocycles. The summed E-state index contributed by atoms with van der Waals surface area (Å²) in [5, 5.41) is 4.87. The minimum atomic E-state index is -3.74. The van der Waals surface area contributed by atoms with Crippen LogP contribution in [0.4, 0.5) is 0 Å². The van der Waals surface area contributed by atoms with Gasteiger partial charge in [0.1, 0.15) is 0 Å². The highest BCUT2D eigenvalue weighted by molar-refractivity contribution is 7.91. The van der Waals surface area contributed by atoms with Crippen LogP contribution in [-0.4, -0.2) is 13.4 Å². The molecule has 1 aromatic rings. The number of hydrogen-bond acceptors (Lipinski definition) is 4. The molecule has 0 aliphatic heterocycles. The molecule has 5 nitrogen and oxygen atoms in total. The third-order valence-electron chi connectivity index (χ3n) is 1.30. The first kappa shape index (κ1) is 9.43. The van der Waals surface area contributed by atoms with Crippen LogP contribution < -0.4 is 10.0 Å². The van der Waals surface area contributed by atoms with Crippen LogP contribution >= 0.6 is 11.3 Å². The first-order valence-corrected chi connectivity index (χ1v) is 5.56. The summed E-state index contributed by atoms with van der Waals surface area (Å²) in [6.45, 7) is 1.74. The van der Waals surface area contributed by atoms with Crippen molar-refractivity contribution in [3.05, 3.63) is 15.4 Å². The molecule has 7 heteroatoms. The Morgan fingerprint density at radius 2 is 2.17 bits per heavy atom. The van der Waals surface area contributed by atoms with E-state index in [9.17, 15) is 13.2 Å². The van der Waals surface area contributed by atoms with E-state index in [0.29, 0.717) is 23.5 Å². The highest BCUT2D eigenvalue weighted by atomic mass is 32.2. The van der Waals surface area contributed by atoms with Gasteiger partial charge in [-0.05, 0) is 6.42 Å². The lowest BCUT2D eigenvalue weighted by Crippen LogP contribution is -2.12. The van der Waals surface area contributed by atoms with E-state index < -0.39 is 14.9 Å². The van der Waals surface area contributed by atoms with Gasteiger partial charge in [-0.2, -0.15) is 0 Å². The molecule has 12 heavy (non-hydrogen) atoms. The maximum absolute atomic E-state index is 10.9.